The van der Waals surface area contributed by atoms with Gasteiger partial charge in [-0.15, -0.1) is 11.3 Å². The summed E-state index contributed by atoms with van der Waals surface area (Å²) < 4.78 is 0. The van der Waals surface area contributed by atoms with Crippen LogP contribution in [0.25, 0.3) is 0 Å². The van der Waals surface area contributed by atoms with Crippen LogP contribution >= 0.6 is 11.3 Å². The lowest BCUT2D eigenvalue weighted by Crippen LogP contribution is -2.22. The van der Waals surface area contributed by atoms with Crippen LogP contribution in [0.1, 0.15) is 17.4 Å². The SMILES string of the molecule is CCN(Cc1cccs1)c1ccc(CNC)cn1. The fourth-order valence-electron chi connectivity index (χ4n) is 1.86. The minimum atomic E-state index is 0.865. The summed E-state index contributed by atoms with van der Waals surface area (Å²) in [6, 6.07) is 8.50. The maximum atomic E-state index is 4.54. The summed E-state index contributed by atoms with van der Waals surface area (Å²) in [5.74, 6) is 1.05. The Kier molecular flexibility index (Phi) is 4.73. The van der Waals surface area contributed by atoms with Gasteiger partial charge in [0.25, 0.3) is 0 Å². The molecule has 0 saturated carbocycles. The van der Waals surface area contributed by atoms with Crippen molar-refractivity contribution in [3.05, 3.63) is 46.3 Å². The van der Waals surface area contributed by atoms with E-state index in [4.69, 9.17) is 0 Å². The third-order valence-corrected chi connectivity index (χ3v) is 3.68. The maximum Gasteiger partial charge on any atom is 0.128 e. The highest BCUT2D eigenvalue weighted by atomic mass is 32.1. The number of nitrogens with one attached hydrogen (secondary N) is 1. The van der Waals surface area contributed by atoms with Gasteiger partial charge in [-0.3, -0.25) is 0 Å². The van der Waals surface area contributed by atoms with E-state index in [-0.39, 0.29) is 0 Å². The molecule has 0 unspecified atom stereocenters. The quantitative estimate of drug-likeness (QED) is 0.866. The molecule has 0 bridgehead atoms. The highest BCUT2D eigenvalue weighted by Gasteiger charge is 2.07. The summed E-state index contributed by atoms with van der Waals surface area (Å²) in [6.45, 7) is 4.93. The predicted octanol–water partition coefficient (Wildman–Crippen LogP) is 2.89. The zero-order valence-electron chi connectivity index (χ0n) is 10.9. The Morgan fingerprint density at radius 1 is 1.33 bits per heavy atom. The monoisotopic (exact) mass is 261 g/mol. The van der Waals surface area contributed by atoms with Crippen molar-refractivity contribution in [2.24, 2.45) is 0 Å². The summed E-state index contributed by atoms with van der Waals surface area (Å²) >= 11 is 1.79. The van der Waals surface area contributed by atoms with Crippen molar-refractivity contribution < 1.29 is 0 Å². The van der Waals surface area contributed by atoms with E-state index in [9.17, 15) is 0 Å². The summed E-state index contributed by atoms with van der Waals surface area (Å²) in [6.07, 6.45) is 1.95. The summed E-state index contributed by atoms with van der Waals surface area (Å²) in [5.41, 5.74) is 1.22. The van der Waals surface area contributed by atoms with E-state index in [0.29, 0.717) is 0 Å². The number of hydrogen-bond donors (Lipinski definition) is 1. The molecule has 0 aliphatic rings. The van der Waals surface area contributed by atoms with Crippen LogP contribution in [0, 0.1) is 0 Å². The van der Waals surface area contributed by atoms with Gasteiger partial charge in [0.2, 0.25) is 0 Å². The van der Waals surface area contributed by atoms with E-state index >= 15 is 0 Å². The van der Waals surface area contributed by atoms with Crippen LogP contribution in [0.2, 0.25) is 0 Å². The van der Waals surface area contributed by atoms with Crippen molar-refractivity contribution in [3.63, 3.8) is 0 Å². The van der Waals surface area contributed by atoms with E-state index in [1.807, 2.05) is 13.2 Å². The third kappa shape index (κ3) is 3.31. The van der Waals surface area contributed by atoms with Gasteiger partial charge in [0, 0.05) is 24.2 Å². The van der Waals surface area contributed by atoms with Crippen LogP contribution in [0.15, 0.2) is 35.8 Å². The molecule has 4 heteroatoms. The molecule has 0 amide bonds. The second kappa shape index (κ2) is 6.52. The molecule has 3 nitrogen and oxygen atoms in total. The Balaban J connectivity index is 2.07. The first-order valence-electron chi connectivity index (χ1n) is 6.20. The largest absolute Gasteiger partial charge is 0.352 e. The summed E-state index contributed by atoms with van der Waals surface area (Å²) in [5, 5.41) is 5.25. The van der Waals surface area contributed by atoms with Crippen molar-refractivity contribution in [3.8, 4) is 0 Å². The minimum Gasteiger partial charge on any atom is -0.352 e. The fourth-order valence-corrected chi connectivity index (χ4v) is 2.58. The molecule has 0 aliphatic carbocycles. The van der Waals surface area contributed by atoms with Gasteiger partial charge in [-0.2, -0.15) is 0 Å². The first kappa shape index (κ1) is 13.1. The Hall–Kier alpha value is -1.39. The highest BCUT2D eigenvalue weighted by molar-refractivity contribution is 7.09. The Bertz CT molecular complexity index is 450. The lowest BCUT2D eigenvalue weighted by atomic mass is 10.2. The number of thiophene rings is 1. The van der Waals surface area contributed by atoms with Crippen molar-refractivity contribution in [1.29, 1.82) is 0 Å². The molecule has 96 valence electrons. The van der Waals surface area contributed by atoms with Crippen LogP contribution in [0.4, 0.5) is 5.82 Å². The van der Waals surface area contributed by atoms with Crippen molar-refractivity contribution >= 4 is 17.2 Å². The molecule has 0 radical (unpaired) electrons. The number of nitrogens with zero attached hydrogens (tertiary/aromatic N) is 2. The lowest BCUT2D eigenvalue weighted by Gasteiger charge is -2.21. The van der Waals surface area contributed by atoms with Gasteiger partial charge in [0.1, 0.15) is 5.82 Å². The van der Waals surface area contributed by atoms with Crippen LogP contribution < -0.4 is 10.2 Å². The van der Waals surface area contributed by atoms with Gasteiger partial charge < -0.3 is 10.2 Å². The second-order valence-corrected chi connectivity index (χ2v) is 5.18. The summed E-state index contributed by atoms with van der Waals surface area (Å²) in [4.78, 5) is 8.20. The normalized spacial score (nSPS) is 10.6. The van der Waals surface area contributed by atoms with E-state index in [2.05, 4.69) is 51.8 Å². The Morgan fingerprint density at radius 2 is 2.22 bits per heavy atom. The topological polar surface area (TPSA) is 28.2 Å². The van der Waals surface area contributed by atoms with Crippen LogP contribution in [-0.2, 0) is 13.1 Å². The van der Waals surface area contributed by atoms with Crippen LogP contribution in [-0.4, -0.2) is 18.6 Å². The molecule has 0 atom stereocenters. The average Bonchev–Trinajstić information content (AvgIpc) is 2.90. The number of aromatic nitrogens is 1. The molecule has 0 aliphatic heterocycles. The van der Waals surface area contributed by atoms with Gasteiger partial charge >= 0.3 is 0 Å². The zero-order chi connectivity index (χ0) is 12.8. The molecule has 0 fully saturated rings. The van der Waals surface area contributed by atoms with Gasteiger partial charge in [-0.25, -0.2) is 4.98 Å². The molecule has 2 heterocycles. The van der Waals surface area contributed by atoms with Gasteiger partial charge in [0.15, 0.2) is 0 Å². The van der Waals surface area contributed by atoms with Crippen LogP contribution in [0.3, 0.4) is 0 Å². The number of hydrogen-bond acceptors (Lipinski definition) is 4. The highest BCUT2D eigenvalue weighted by Crippen LogP contribution is 2.17. The molecule has 18 heavy (non-hydrogen) atoms. The number of pyridine rings is 1. The van der Waals surface area contributed by atoms with Crippen molar-refractivity contribution in [2.45, 2.75) is 20.0 Å². The first-order chi connectivity index (χ1) is 8.83. The van der Waals surface area contributed by atoms with Crippen LogP contribution in [0.5, 0.6) is 0 Å². The summed E-state index contributed by atoms with van der Waals surface area (Å²) in [7, 11) is 1.95. The predicted molar refractivity (Wildman–Crippen MR) is 78.0 cm³/mol. The van der Waals surface area contributed by atoms with Crippen molar-refractivity contribution in [1.82, 2.24) is 10.3 Å². The van der Waals surface area contributed by atoms with Gasteiger partial charge in [-0.05, 0) is 37.0 Å². The van der Waals surface area contributed by atoms with E-state index in [0.717, 1.165) is 25.5 Å². The standard InChI is InChI=1S/C14H19N3S/c1-3-17(11-13-5-4-8-18-13)14-7-6-12(9-15-2)10-16-14/h4-8,10,15H,3,9,11H2,1-2H3. The molecule has 2 rings (SSSR count). The molecule has 1 N–H and O–H groups in total. The smallest absolute Gasteiger partial charge is 0.128 e. The average molecular weight is 261 g/mol. The number of rotatable bonds is 6. The number of anilines is 1. The maximum absolute atomic E-state index is 4.54. The first-order valence-corrected chi connectivity index (χ1v) is 7.08. The van der Waals surface area contributed by atoms with E-state index in [1.165, 1.54) is 10.4 Å². The van der Waals surface area contributed by atoms with E-state index < -0.39 is 0 Å². The lowest BCUT2D eigenvalue weighted by molar-refractivity contribution is 0.799. The van der Waals surface area contributed by atoms with Crippen molar-refractivity contribution in [2.75, 3.05) is 18.5 Å². The Labute approximate surface area is 112 Å². The molecule has 0 saturated heterocycles. The Morgan fingerprint density at radius 3 is 2.78 bits per heavy atom. The third-order valence-electron chi connectivity index (χ3n) is 2.82. The van der Waals surface area contributed by atoms with E-state index in [1.54, 1.807) is 11.3 Å². The van der Waals surface area contributed by atoms with Gasteiger partial charge in [0.05, 0.1) is 6.54 Å². The zero-order valence-corrected chi connectivity index (χ0v) is 11.7. The molecular weight excluding hydrogens is 242 g/mol. The molecule has 2 aromatic heterocycles. The minimum absolute atomic E-state index is 0.865. The fraction of sp³-hybridized carbons (Fsp3) is 0.357. The second-order valence-electron chi connectivity index (χ2n) is 4.15. The molecular formula is C14H19N3S. The molecule has 0 aromatic carbocycles. The molecule has 2 aromatic rings. The molecule has 0 spiro atoms. The van der Waals surface area contributed by atoms with Gasteiger partial charge in [-0.1, -0.05) is 12.1 Å².